The molecule has 78 valence electrons. The molecule has 2 heteroatoms. The molecule has 0 aromatic rings. The summed E-state index contributed by atoms with van der Waals surface area (Å²) in [5.74, 6) is 1.22. The van der Waals surface area contributed by atoms with Crippen LogP contribution in [0.4, 0.5) is 4.39 Å². The highest BCUT2D eigenvalue weighted by atomic mass is 19.1. The Morgan fingerprint density at radius 2 is 1.92 bits per heavy atom. The van der Waals surface area contributed by atoms with E-state index in [-0.39, 0.29) is 12.7 Å². The number of alkyl halides is 1. The highest BCUT2D eigenvalue weighted by Gasteiger charge is 2.24. The third kappa shape index (κ3) is 3.63. The first-order chi connectivity index (χ1) is 6.24. The van der Waals surface area contributed by atoms with E-state index < -0.39 is 0 Å². The Hall–Kier alpha value is -0.110. The van der Waals surface area contributed by atoms with Crippen LogP contribution in [0.5, 0.6) is 0 Å². The minimum Gasteiger partial charge on any atom is -0.311 e. The first-order valence-electron chi connectivity index (χ1n) is 5.53. The van der Waals surface area contributed by atoms with E-state index in [1.165, 1.54) is 25.7 Å². The van der Waals surface area contributed by atoms with E-state index in [1.807, 2.05) is 0 Å². The Balaban J connectivity index is 2.24. The van der Waals surface area contributed by atoms with Crippen molar-refractivity contribution in [3.8, 4) is 0 Å². The van der Waals surface area contributed by atoms with Crippen molar-refractivity contribution in [2.45, 2.75) is 45.6 Å². The summed E-state index contributed by atoms with van der Waals surface area (Å²) in [5, 5.41) is 3.34. The average molecular weight is 187 g/mol. The molecule has 1 N–H and O–H groups in total. The van der Waals surface area contributed by atoms with Gasteiger partial charge in [0.05, 0.1) is 0 Å². The van der Waals surface area contributed by atoms with Crippen molar-refractivity contribution in [3.63, 3.8) is 0 Å². The van der Waals surface area contributed by atoms with Crippen molar-refractivity contribution in [1.29, 1.82) is 0 Å². The molecule has 13 heavy (non-hydrogen) atoms. The first-order valence-corrected chi connectivity index (χ1v) is 5.53. The highest BCUT2D eigenvalue weighted by molar-refractivity contribution is 4.80. The van der Waals surface area contributed by atoms with Gasteiger partial charge in [0.1, 0.15) is 6.67 Å². The van der Waals surface area contributed by atoms with E-state index in [1.54, 1.807) is 0 Å². The van der Waals surface area contributed by atoms with Crippen LogP contribution in [0.2, 0.25) is 0 Å². The number of rotatable bonds is 5. The van der Waals surface area contributed by atoms with Crippen LogP contribution >= 0.6 is 0 Å². The van der Waals surface area contributed by atoms with Crippen molar-refractivity contribution in [2.75, 3.05) is 13.2 Å². The first kappa shape index (κ1) is 11.0. The maximum atomic E-state index is 12.7. The highest BCUT2D eigenvalue weighted by Crippen LogP contribution is 2.27. The molecule has 0 aromatic carbocycles. The van der Waals surface area contributed by atoms with E-state index in [2.05, 4.69) is 19.2 Å². The quantitative estimate of drug-likeness (QED) is 0.698. The second kappa shape index (κ2) is 5.58. The van der Waals surface area contributed by atoms with E-state index >= 15 is 0 Å². The zero-order valence-electron chi connectivity index (χ0n) is 8.85. The fourth-order valence-electron chi connectivity index (χ4n) is 2.09. The molecule has 0 amide bonds. The average Bonchev–Trinajstić information content (AvgIpc) is 2.58. The van der Waals surface area contributed by atoms with Crippen LogP contribution in [0.25, 0.3) is 0 Å². The maximum Gasteiger partial charge on any atom is 0.105 e. The lowest BCUT2D eigenvalue weighted by molar-refractivity contribution is 0.278. The minimum absolute atomic E-state index is 0.130. The Labute approximate surface area is 81.1 Å². The lowest BCUT2D eigenvalue weighted by atomic mass is 9.99. The molecule has 1 fully saturated rings. The standard InChI is InChI=1S/C11H22FN/c1-9(2)8-13-11(7-12)10-5-3-4-6-10/h9-11,13H,3-8H2,1-2H3. The fourth-order valence-corrected chi connectivity index (χ4v) is 2.09. The van der Waals surface area contributed by atoms with E-state index in [9.17, 15) is 4.39 Å². The Kier molecular flexibility index (Phi) is 4.71. The Bertz CT molecular complexity index is 130. The molecule has 1 aliphatic carbocycles. The van der Waals surface area contributed by atoms with E-state index in [0.717, 1.165) is 6.54 Å². The monoisotopic (exact) mass is 187 g/mol. The van der Waals surface area contributed by atoms with Gasteiger partial charge >= 0.3 is 0 Å². The van der Waals surface area contributed by atoms with Crippen LogP contribution in [-0.2, 0) is 0 Å². The molecule has 1 nitrogen and oxygen atoms in total. The fraction of sp³-hybridized carbons (Fsp3) is 1.00. The maximum absolute atomic E-state index is 12.7. The minimum atomic E-state index is -0.197. The molecule has 1 atom stereocenters. The summed E-state index contributed by atoms with van der Waals surface area (Å²) in [5.41, 5.74) is 0. The molecule has 1 unspecified atom stereocenters. The summed E-state index contributed by atoms with van der Waals surface area (Å²) < 4.78 is 12.7. The molecular formula is C11H22FN. The zero-order chi connectivity index (χ0) is 9.68. The summed E-state index contributed by atoms with van der Waals surface area (Å²) in [6, 6.07) is 0.130. The molecular weight excluding hydrogens is 165 g/mol. The number of nitrogens with one attached hydrogen (secondary N) is 1. The lowest BCUT2D eigenvalue weighted by Gasteiger charge is -2.22. The van der Waals surface area contributed by atoms with E-state index in [0.29, 0.717) is 11.8 Å². The normalized spacial score (nSPS) is 21.2. The molecule has 0 aliphatic heterocycles. The second-order valence-electron chi connectivity index (χ2n) is 4.61. The van der Waals surface area contributed by atoms with Crippen LogP contribution in [-0.4, -0.2) is 19.3 Å². The number of hydrogen-bond donors (Lipinski definition) is 1. The SMILES string of the molecule is CC(C)CNC(CF)C1CCCC1. The van der Waals surface area contributed by atoms with Gasteiger partial charge in [-0.1, -0.05) is 26.7 Å². The second-order valence-corrected chi connectivity index (χ2v) is 4.61. The smallest absolute Gasteiger partial charge is 0.105 e. The molecule has 0 radical (unpaired) electrons. The molecule has 0 aromatic heterocycles. The van der Waals surface area contributed by atoms with Gasteiger partial charge in [-0.2, -0.15) is 0 Å². The predicted molar refractivity (Wildman–Crippen MR) is 54.6 cm³/mol. The molecule has 1 rings (SSSR count). The predicted octanol–water partition coefficient (Wildman–Crippen LogP) is 2.76. The van der Waals surface area contributed by atoms with Crippen molar-refractivity contribution in [1.82, 2.24) is 5.32 Å². The summed E-state index contributed by atoms with van der Waals surface area (Å²) in [6.45, 7) is 5.08. The molecule has 1 saturated carbocycles. The van der Waals surface area contributed by atoms with Crippen LogP contribution in [0.3, 0.4) is 0 Å². The van der Waals surface area contributed by atoms with Gasteiger partial charge in [-0.15, -0.1) is 0 Å². The van der Waals surface area contributed by atoms with Crippen molar-refractivity contribution in [2.24, 2.45) is 11.8 Å². The summed E-state index contributed by atoms with van der Waals surface area (Å²) in [4.78, 5) is 0. The van der Waals surface area contributed by atoms with Crippen molar-refractivity contribution in [3.05, 3.63) is 0 Å². The number of hydrogen-bond acceptors (Lipinski definition) is 1. The van der Waals surface area contributed by atoms with Gasteiger partial charge in [0.15, 0.2) is 0 Å². The molecule has 0 bridgehead atoms. The van der Waals surface area contributed by atoms with Gasteiger partial charge in [-0.05, 0) is 31.2 Å². The van der Waals surface area contributed by atoms with Crippen molar-refractivity contribution < 1.29 is 4.39 Å². The topological polar surface area (TPSA) is 12.0 Å². The van der Waals surface area contributed by atoms with Crippen LogP contribution in [0.15, 0.2) is 0 Å². The van der Waals surface area contributed by atoms with E-state index in [4.69, 9.17) is 0 Å². The van der Waals surface area contributed by atoms with Crippen LogP contribution in [0, 0.1) is 11.8 Å². The summed E-state index contributed by atoms with van der Waals surface area (Å²) >= 11 is 0. The Morgan fingerprint density at radius 3 is 2.38 bits per heavy atom. The van der Waals surface area contributed by atoms with Gasteiger partial charge in [0.25, 0.3) is 0 Å². The zero-order valence-corrected chi connectivity index (χ0v) is 8.85. The number of halogens is 1. The lowest BCUT2D eigenvalue weighted by Crippen LogP contribution is -2.39. The van der Waals surface area contributed by atoms with Gasteiger partial charge in [-0.25, -0.2) is 4.39 Å². The Morgan fingerprint density at radius 1 is 1.31 bits per heavy atom. The molecule has 0 saturated heterocycles. The molecule has 1 aliphatic rings. The largest absolute Gasteiger partial charge is 0.311 e. The third-order valence-electron chi connectivity index (χ3n) is 2.92. The third-order valence-corrected chi connectivity index (χ3v) is 2.92. The summed E-state index contributed by atoms with van der Waals surface area (Å²) in [6.07, 6.45) is 5.04. The van der Waals surface area contributed by atoms with Crippen LogP contribution < -0.4 is 5.32 Å². The molecule has 0 spiro atoms. The van der Waals surface area contributed by atoms with Gasteiger partial charge < -0.3 is 5.32 Å². The van der Waals surface area contributed by atoms with Gasteiger partial charge in [0.2, 0.25) is 0 Å². The van der Waals surface area contributed by atoms with Crippen molar-refractivity contribution >= 4 is 0 Å². The summed E-state index contributed by atoms with van der Waals surface area (Å²) in [7, 11) is 0. The van der Waals surface area contributed by atoms with Crippen LogP contribution in [0.1, 0.15) is 39.5 Å². The van der Waals surface area contributed by atoms with Gasteiger partial charge in [-0.3, -0.25) is 0 Å². The van der Waals surface area contributed by atoms with Gasteiger partial charge in [0, 0.05) is 6.04 Å². The molecule has 0 heterocycles.